The number of nitrogens with zero attached hydrogens (tertiary/aromatic N) is 1. The van der Waals surface area contributed by atoms with Crippen LogP contribution < -0.4 is 9.47 Å². The molecule has 0 aliphatic rings. The van der Waals surface area contributed by atoms with Gasteiger partial charge < -0.3 is 14.6 Å². The van der Waals surface area contributed by atoms with Crippen LogP contribution in [0.4, 0.5) is 4.39 Å². The van der Waals surface area contributed by atoms with Gasteiger partial charge in [-0.3, -0.25) is 5.10 Å². The summed E-state index contributed by atoms with van der Waals surface area (Å²) in [7, 11) is 2.78. The Morgan fingerprint density at radius 1 is 1.40 bits per heavy atom. The molecule has 8 heteroatoms. The standard InChI is InChI=1S/C12H10BrFN2O4/c1-19-8-3-5(13)10(14)9(11(8)20-2)6-4-7(12(17)18)16-15-6/h3-4H,1-2H3,(H,15,16)(H,17,18). The third-order valence-corrected chi connectivity index (χ3v) is 3.20. The first kappa shape index (κ1) is 14.3. The molecule has 1 heterocycles. The molecule has 2 rings (SSSR count). The van der Waals surface area contributed by atoms with Crippen molar-refractivity contribution in [2.75, 3.05) is 14.2 Å². The molecule has 0 bridgehead atoms. The molecule has 106 valence electrons. The molecule has 6 nitrogen and oxygen atoms in total. The summed E-state index contributed by atoms with van der Waals surface area (Å²) in [6, 6.07) is 2.64. The van der Waals surface area contributed by atoms with Crippen LogP contribution >= 0.6 is 15.9 Å². The van der Waals surface area contributed by atoms with Crippen molar-refractivity contribution >= 4 is 21.9 Å². The molecule has 20 heavy (non-hydrogen) atoms. The second-order valence-corrected chi connectivity index (χ2v) is 4.61. The van der Waals surface area contributed by atoms with E-state index in [0.29, 0.717) is 5.75 Å². The van der Waals surface area contributed by atoms with Crippen LogP contribution in [-0.4, -0.2) is 35.5 Å². The van der Waals surface area contributed by atoms with E-state index < -0.39 is 11.8 Å². The van der Waals surface area contributed by atoms with E-state index in [2.05, 4.69) is 26.1 Å². The fourth-order valence-electron chi connectivity index (χ4n) is 1.73. The van der Waals surface area contributed by atoms with Crippen LogP contribution in [0.15, 0.2) is 16.6 Å². The summed E-state index contributed by atoms with van der Waals surface area (Å²) in [5.41, 5.74) is -0.0285. The zero-order valence-electron chi connectivity index (χ0n) is 10.5. The number of methoxy groups -OCH3 is 2. The lowest BCUT2D eigenvalue weighted by atomic mass is 10.1. The lowest BCUT2D eigenvalue weighted by Gasteiger charge is -2.13. The van der Waals surface area contributed by atoms with Gasteiger partial charge in [-0.2, -0.15) is 5.10 Å². The average molecular weight is 345 g/mol. The second kappa shape index (κ2) is 5.49. The number of aromatic amines is 1. The summed E-state index contributed by atoms with van der Waals surface area (Å²) in [4.78, 5) is 10.8. The molecule has 0 fully saturated rings. The Morgan fingerprint density at radius 3 is 2.60 bits per heavy atom. The van der Waals surface area contributed by atoms with E-state index in [4.69, 9.17) is 14.6 Å². The number of halogens is 2. The molecule has 1 aromatic carbocycles. The van der Waals surface area contributed by atoms with Gasteiger partial charge in [0.15, 0.2) is 17.3 Å². The van der Waals surface area contributed by atoms with E-state index in [0.717, 1.165) is 0 Å². The highest BCUT2D eigenvalue weighted by atomic mass is 79.9. The Bertz CT molecular complexity index is 672. The maximum absolute atomic E-state index is 14.3. The molecular weight excluding hydrogens is 335 g/mol. The number of nitrogens with one attached hydrogen (secondary N) is 1. The van der Waals surface area contributed by atoms with Crippen LogP contribution in [0.3, 0.4) is 0 Å². The van der Waals surface area contributed by atoms with Crippen molar-refractivity contribution in [3.8, 4) is 22.8 Å². The van der Waals surface area contributed by atoms with Crippen molar-refractivity contribution in [2.45, 2.75) is 0 Å². The van der Waals surface area contributed by atoms with Crippen molar-refractivity contribution in [1.82, 2.24) is 10.2 Å². The first-order valence-corrected chi connectivity index (χ1v) is 6.18. The quantitative estimate of drug-likeness (QED) is 0.890. The van der Waals surface area contributed by atoms with Gasteiger partial charge in [-0.25, -0.2) is 9.18 Å². The normalized spacial score (nSPS) is 10.4. The first-order chi connectivity index (χ1) is 9.49. The third-order valence-electron chi connectivity index (χ3n) is 2.63. The molecule has 0 atom stereocenters. The number of H-pyrrole nitrogens is 1. The Kier molecular flexibility index (Phi) is 3.93. The van der Waals surface area contributed by atoms with E-state index in [1.165, 1.54) is 26.4 Å². The summed E-state index contributed by atoms with van der Waals surface area (Å²) < 4.78 is 24.7. The van der Waals surface area contributed by atoms with Gasteiger partial charge in [0, 0.05) is 6.07 Å². The maximum Gasteiger partial charge on any atom is 0.353 e. The number of carboxylic acid groups (broad SMARTS) is 1. The van der Waals surface area contributed by atoms with Crippen molar-refractivity contribution in [3.63, 3.8) is 0 Å². The smallest absolute Gasteiger partial charge is 0.353 e. The number of carbonyl (C=O) groups is 1. The number of aromatic carboxylic acids is 1. The molecule has 2 N–H and O–H groups in total. The van der Waals surface area contributed by atoms with Crippen LogP contribution in [0.5, 0.6) is 11.5 Å². The van der Waals surface area contributed by atoms with E-state index in [-0.39, 0.29) is 27.2 Å². The van der Waals surface area contributed by atoms with Gasteiger partial charge in [0.25, 0.3) is 0 Å². The Labute approximate surface area is 121 Å². The molecule has 0 saturated heterocycles. The second-order valence-electron chi connectivity index (χ2n) is 3.75. The minimum atomic E-state index is -1.19. The summed E-state index contributed by atoms with van der Waals surface area (Å²) in [5.74, 6) is -1.37. The Morgan fingerprint density at radius 2 is 2.10 bits per heavy atom. The number of carboxylic acids is 1. The topological polar surface area (TPSA) is 84.4 Å². The number of rotatable bonds is 4. The summed E-state index contributed by atoms with van der Waals surface area (Å²) in [5, 5.41) is 15.0. The van der Waals surface area contributed by atoms with Crippen LogP contribution in [-0.2, 0) is 0 Å². The van der Waals surface area contributed by atoms with Gasteiger partial charge in [0.1, 0.15) is 5.69 Å². The monoisotopic (exact) mass is 344 g/mol. The highest BCUT2D eigenvalue weighted by Gasteiger charge is 2.23. The Balaban J connectivity index is 2.70. The molecule has 0 radical (unpaired) electrons. The minimum Gasteiger partial charge on any atom is -0.493 e. The molecule has 0 saturated carbocycles. The van der Waals surface area contributed by atoms with E-state index in [1.54, 1.807) is 0 Å². The van der Waals surface area contributed by atoms with Gasteiger partial charge in [-0.15, -0.1) is 0 Å². The van der Waals surface area contributed by atoms with Gasteiger partial charge in [0.05, 0.1) is 29.9 Å². The van der Waals surface area contributed by atoms with Crippen LogP contribution in [0.2, 0.25) is 0 Å². The van der Waals surface area contributed by atoms with Crippen molar-refractivity contribution in [2.24, 2.45) is 0 Å². The molecule has 2 aromatic rings. The van der Waals surface area contributed by atoms with Gasteiger partial charge in [0.2, 0.25) is 0 Å². The van der Waals surface area contributed by atoms with Crippen LogP contribution in [0.1, 0.15) is 10.5 Å². The fourth-order valence-corrected chi connectivity index (χ4v) is 2.13. The van der Waals surface area contributed by atoms with Crippen molar-refractivity contribution in [1.29, 1.82) is 0 Å². The highest BCUT2D eigenvalue weighted by Crippen LogP contribution is 2.42. The molecule has 0 amide bonds. The SMILES string of the molecule is COc1cc(Br)c(F)c(-c2cc(C(=O)O)[nH]n2)c1OC. The summed E-state index contributed by atoms with van der Waals surface area (Å²) in [6.07, 6.45) is 0. The van der Waals surface area contributed by atoms with Gasteiger partial charge in [-0.05, 0) is 22.0 Å². The predicted octanol–water partition coefficient (Wildman–Crippen LogP) is 2.69. The van der Waals surface area contributed by atoms with Crippen molar-refractivity contribution in [3.05, 3.63) is 28.1 Å². The van der Waals surface area contributed by atoms with E-state index in [1.807, 2.05) is 0 Å². The zero-order valence-corrected chi connectivity index (χ0v) is 12.1. The van der Waals surface area contributed by atoms with Crippen molar-refractivity contribution < 1.29 is 23.8 Å². The van der Waals surface area contributed by atoms with Crippen LogP contribution in [0.25, 0.3) is 11.3 Å². The highest BCUT2D eigenvalue weighted by molar-refractivity contribution is 9.10. The number of benzene rings is 1. The molecular formula is C12H10BrFN2O4. The molecule has 0 spiro atoms. The Hall–Kier alpha value is -2.09. The van der Waals surface area contributed by atoms with Gasteiger partial charge in [-0.1, -0.05) is 0 Å². The molecule has 0 aliphatic heterocycles. The zero-order chi connectivity index (χ0) is 14.9. The summed E-state index contributed by atoms with van der Waals surface area (Å²) in [6.45, 7) is 0. The largest absolute Gasteiger partial charge is 0.493 e. The van der Waals surface area contributed by atoms with E-state index >= 15 is 0 Å². The number of hydrogen-bond donors (Lipinski definition) is 2. The molecule has 0 unspecified atom stereocenters. The number of ether oxygens (including phenoxy) is 2. The third kappa shape index (κ3) is 2.34. The number of aromatic nitrogens is 2. The summed E-state index contributed by atoms with van der Waals surface area (Å²) >= 11 is 3.07. The molecule has 0 aliphatic carbocycles. The lowest BCUT2D eigenvalue weighted by Crippen LogP contribution is -1.97. The minimum absolute atomic E-state index is 0.0162. The number of hydrogen-bond acceptors (Lipinski definition) is 4. The maximum atomic E-state index is 14.3. The van der Waals surface area contributed by atoms with Crippen LogP contribution in [0, 0.1) is 5.82 Å². The average Bonchev–Trinajstić information content (AvgIpc) is 2.90. The fraction of sp³-hybridized carbons (Fsp3) is 0.167. The first-order valence-electron chi connectivity index (χ1n) is 5.38. The molecule has 1 aromatic heterocycles. The van der Waals surface area contributed by atoms with Gasteiger partial charge >= 0.3 is 5.97 Å². The predicted molar refractivity (Wildman–Crippen MR) is 71.7 cm³/mol. The van der Waals surface area contributed by atoms with E-state index in [9.17, 15) is 9.18 Å². The lowest BCUT2D eigenvalue weighted by molar-refractivity contribution is 0.0690.